The maximum atomic E-state index is 5.58. The second-order valence-corrected chi connectivity index (χ2v) is 5.72. The van der Waals surface area contributed by atoms with Gasteiger partial charge >= 0.3 is 0 Å². The minimum absolute atomic E-state index is 0.402. The van der Waals surface area contributed by atoms with Crippen molar-refractivity contribution in [3.63, 3.8) is 0 Å². The molecule has 0 saturated carbocycles. The monoisotopic (exact) mass is 304 g/mol. The lowest BCUT2D eigenvalue weighted by Gasteiger charge is -2.26. The average Bonchev–Trinajstić information content (AvgIpc) is 2.88. The Labute approximate surface area is 130 Å². The van der Waals surface area contributed by atoms with Gasteiger partial charge in [-0.15, -0.1) is 0 Å². The molecule has 0 bridgehead atoms. The van der Waals surface area contributed by atoms with Gasteiger partial charge in [0.25, 0.3) is 0 Å². The fourth-order valence-electron chi connectivity index (χ4n) is 2.80. The largest absolute Gasteiger partial charge is 0.381 e. The van der Waals surface area contributed by atoms with E-state index in [1.165, 1.54) is 0 Å². The van der Waals surface area contributed by atoms with Crippen molar-refractivity contribution < 1.29 is 9.47 Å². The summed E-state index contributed by atoms with van der Waals surface area (Å²) >= 11 is 0. The first kappa shape index (κ1) is 15.2. The Hall–Kier alpha value is -1.66. The quantitative estimate of drug-likeness (QED) is 0.918. The number of aryl methyl sites for hydroxylation is 2. The summed E-state index contributed by atoms with van der Waals surface area (Å²) in [5.74, 6) is 0.902. The topological polar surface area (TPSA) is 61.2 Å². The Morgan fingerprint density at radius 3 is 2.86 bits per heavy atom. The first-order chi connectivity index (χ1) is 10.7. The highest BCUT2D eigenvalue weighted by atomic mass is 16.5. The van der Waals surface area contributed by atoms with E-state index in [-0.39, 0.29) is 0 Å². The molecule has 0 atom stereocenters. The minimum atomic E-state index is 0.402. The summed E-state index contributed by atoms with van der Waals surface area (Å²) in [5, 5.41) is 0. The van der Waals surface area contributed by atoms with Crippen LogP contribution in [0.25, 0.3) is 11.0 Å². The van der Waals surface area contributed by atoms with E-state index >= 15 is 0 Å². The molecular weight excluding hydrogens is 280 g/mol. The molecule has 1 saturated heterocycles. The molecule has 1 aliphatic rings. The summed E-state index contributed by atoms with van der Waals surface area (Å²) in [5.41, 5.74) is 7.83. The molecule has 0 unspecified atom stereocenters. The van der Waals surface area contributed by atoms with E-state index in [1.54, 1.807) is 0 Å². The Morgan fingerprint density at radius 2 is 2.14 bits per heavy atom. The van der Waals surface area contributed by atoms with Gasteiger partial charge < -0.3 is 14.9 Å². The van der Waals surface area contributed by atoms with Crippen LogP contribution >= 0.6 is 0 Å². The van der Waals surface area contributed by atoms with E-state index < -0.39 is 0 Å². The molecule has 1 aliphatic heterocycles. The van der Waals surface area contributed by atoms with Crippen molar-refractivity contribution in [2.24, 2.45) is 0 Å². The normalized spacial score (nSPS) is 16.3. The van der Waals surface area contributed by atoms with Gasteiger partial charge in [0.2, 0.25) is 0 Å². The number of ether oxygens (including phenoxy) is 2. The molecule has 0 radical (unpaired) electrons. The van der Waals surface area contributed by atoms with Crippen molar-refractivity contribution >= 4 is 11.0 Å². The van der Waals surface area contributed by atoms with Gasteiger partial charge in [0.15, 0.2) is 5.82 Å². The third-order valence-corrected chi connectivity index (χ3v) is 4.22. The molecule has 0 spiro atoms. The van der Waals surface area contributed by atoms with E-state index in [1.807, 2.05) is 20.0 Å². The average molecular weight is 304 g/mol. The summed E-state index contributed by atoms with van der Waals surface area (Å²) in [7, 11) is 0. The number of imidazole rings is 1. The third kappa shape index (κ3) is 2.94. The molecule has 6 heteroatoms. The fraction of sp³-hybridized carbons (Fsp3) is 0.625. The van der Waals surface area contributed by atoms with E-state index in [4.69, 9.17) is 14.5 Å². The Balaban J connectivity index is 2.00. The second-order valence-electron chi connectivity index (χ2n) is 5.72. The molecule has 2 aromatic rings. The van der Waals surface area contributed by atoms with Crippen LogP contribution in [0.5, 0.6) is 0 Å². The van der Waals surface area contributed by atoms with Crippen molar-refractivity contribution in [3.05, 3.63) is 23.3 Å². The van der Waals surface area contributed by atoms with Gasteiger partial charge in [-0.1, -0.05) is 0 Å². The van der Waals surface area contributed by atoms with Crippen LogP contribution in [0, 0.1) is 13.8 Å². The number of nitrogens with one attached hydrogen (secondary N) is 1. The zero-order chi connectivity index (χ0) is 15.5. The number of fused-ring (bicyclic) bond motifs is 1. The SMILES string of the molecule is CCOCc1nc2cnc(C)c(C)c2n1NC1CCOCC1. The molecule has 22 heavy (non-hydrogen) atoms. The highest BCUT2D eigenvalue weighted by Crippen LogP contribution is 2.22. The van der Waals surface area contributed by atoms with Gasteiger partial charge in [-0.3, -0.25) is 4.98 Å². The predicted molar refractivity (Wildman–Crippen MR) is 85.5 cm³/mol. The highest BCUT2D eigenvalue weighted by molar-refractivity contribution is 5.79. The van der Waals surface area contributed by atoms with Gasteiger partial charge in [-0.2, -0.15) is 0 Å². The predicted octanol–water partition coefficient (Wildman–Crippen LogP) is 2.31. The molecule has 3 rings (SSSR count). The number of rotatable bonds is 5. The molecule has 3 heterocycles. The van der Waals surface area contributed by atoms with Gasteiger partial charge in [0, 0.05) is 31.6 Å². The van der Waals surface area contributed by atoms with Gasteiger partial charge in [-0.05, 0) is 39.2 Å². The lowest BCUT2D eigenvalue weighted by Crippen LogP contribution is -2.34. The van der Waals surface area contributed by atoms with Crippen LogP contribution in [0.15, 0.2) is 6.20 Å². The van der Waals surface area contributed by atoms with Gasteiger partial charge in [0.1, 0.15) is 12.1 Å². The van der Waals surface area contributed by atoms with Crippen LogP contribution < -0.4 is 5.43 Å². The van der Waals surface area contributed by atoms with Crippen molar-refractivity contribution in [3.8, 4) is 0 Å². The first-order valence-electron chi connectivity index (χ1n) is 7.96. The van der Waals surface area contributed by atoms with Crippen LogP contribution in [0.3, 0.4) is 0 Å². The Kier molecular flexibility index (Phi) is 4.59. The number of hydrogen-bond acceptors (Lipinski definition) is 5. The van der Waals surface area contributed by atoms with Crippen LogP contribution in [0.4, 0.5) is 0 Å². The van der Waals surface area contributed by atoms with E-state index in [9.17, 15) is 0 Å². The molecule has 0 aromatic carbocycles. The number of pyridine rings is 1. The summed E-state index contributed by atoms with van der Waals surface area (Å²) in [4.78, 5) is 9.12. The zero-order valence-corrected chi connectivity index (χ0v) is 13.6. The summed E-state index contributed by atoms with van der Waals surface area (Å²) < 4.78 is 13.1. The Bertz CT molecular complexity index is 647. The standard InChI is InChI=1S/C16H24N4O2/c1-4-21-10-15-18-14-9-17-12(3)11(2)16(14)20(15)19-13-5-7-22-8-6-13/h9,13,19H,4-8,10H2,1-3H3. The van der Waals surface area contributed by atoms with Gasteiger partial charge in [0.05, 0.1) is 11.7 Å². The fourth-order valence-corrected chi connectivity index (χ4v) is 2.80. The van der Waals surface area contributed by atoms with Crippen LogP contribution in [-0.4, -0.2) is 40.5 Å². The number of hydrogen-bond donors (Lipinski definition) is 1. The van der Waals surface area contributed by atoms with Crippen molar-refractivity contribution in [1.29, 1.82) is 0 Å². The van der Waals surface area contributed by atoms with Crippen LogP contribution in [0.1, 0.15) is 36.8 Å². The Morgan fingerprint density at radius 1 is 1.36 bits per heavy atom. The van der Waals surface area contributed by atoms with E-state index in [2.05, 4.69) is 22.0 Å². The molecular formula is C16H24N4O2. The van der Waals surface area contributed by atoms with Gasteiger partial charge in [-0.25, -0.2) is 9.66 Å². The molecule has 0 aliphatic carbocycles. The number of aromatic nitrogens is 3. The minimum Gasteiger partial charge on any atom is -0.381 e. The molecule has 2 aromatic heterocycles. The molecule has 120 valence electrons. The first-order valence-corrected chi connectivity index (χ1v) is 7.96. The number of nitrogens with zero attached hydrogens (tertiary/aromatic N) is 3. The third-order valence-electron chi connectivity index (χ3n) is 4.22. The summed E-state index contributed by atoms with van der Waals surface area (Å²) in [6.07, 6.45) is 3.86. The molecule has 0 amide bonds. The second kappa shape index (κ2) is 6.62. The van der Waals surface area contributed by atoms with Crippen LogP contribution in [-0.2, 0) is 16.1 Å². The lowest BCUT2D eigenvalue weighted by atomic mass is 10.1. The summed E-state index contributed by atoms with van der Waals surface area (Å²) in [6.45, 7) is 8.92. The molecule has 1 N–H and O–H groups in total. The van der Waals surface area contributed by atoms with Crippen LogP contribution in [0.2, 0.25) is 0 Å². The maximum absolute atomic E-state index is 5.58. The van der Waals surface area contributed by atoms with Crippen molar-refractivity contribution in [2.45, 2.75) is 46.3 Å². The maximum Gasteiger partial charge on any atom is 0.154 e. The van der Waals surface area contributed by atoms with E-state index in [0.717, 1.165) is 54.2 Å². The lowest BCUT2D eigenvalue weighted by molar-refractivity contribution is 0.0873. The zero-order valence-electron chi connectivity index (χ0n) is 13.6. The highest BCUT2D eigenvalue weighted by Gasteiger charge is 2.19. The van der Waals surface area contributed by atoms with Crippen molar-refractivity contribution in [1.82, 2.24) is 14.6 Å². The summed E-state index contributed by atoms with van der Waals surface area (Å²) in [6, 6.07) is 0.402. The van der Waals surface area contributed by atoms with Crippen molar-refractivity contribution in [2.75, 3.05) is 25.2 Å². The smallest absolute Gasteiger partial charge is 0.154 e. The molecule has 1 fully saturated rings. The van der Waals surface area contributed by atoms with E-state index in [0.29, 0.717) is 19.3 Å². The molecule has 6 nitrogen and oxygen atoms in total.